The number of likely N-dealkylation sites (tertiary alicyclic amines) is 1. The van der Waals surface area contributed by atoms with Gasteiger partial charge >= 0.3 is 5.97 Å². The van der Waals surface area contributed by atoms with Gasteiger partial charge in [-0.3, -0.25) is 19.3 Å². The number of aliphatic hydroxyl groups excluding tert-OH is 1. The number of nitrogens with zero attached hydrogens (tertiary/aromatic N) is 3. The van der Waals surface area contributed by atoms with E-state index in [-0.39, 0.29) is 30.9 Å². The number of amides is 2. The predicted molar refractivity (Wildman–Crippen MR) is 135 cm³/mol. The zero-order chi connectivity index (χ0) is 26.7. The first-order valence-corrected chi connectivity index (χ1v) is 13.8. The van der Waals surface area contributed by atoms with Crippen LogP contribution in [0.5, 0.6) is 0 Å². The molecule has 4 heterocycles. The van der Waals surface area contributed by atoms with Crippen molar-refractivity contribution in [1.82, 2.24) is 14.7 Å². The fourth-order valence-corrected chi connectivity index (χ4v) is 6.80. The number of fused-ring (bicyclic) bond motifs is 1. The van der Waals surface area contributed by atoms with Crippen molar-refractivity contribution in [2.75, 3.05) is 59.2 Å². The zero-order valence-corrected chi connectivity index (χ0v) is 22.5. The van der Waals surface area contributed by atoms with Crippen LogP contribution in [0.15, 0.2) is 12.7 Å². The van der Waals surface area contributed by atoms with Crippen molar-refractivity contribution in [3.8, 4) is 0 Å². The number of ether oxygens (including phenoxy) is 3. The molecule has 0 saturated carbocycles. The minimum Gasteiger partial charge on any atom is -0.466 e. The van der Waals surface area contributed by atoms with E-state index in [1.807, 2.05) is 13.8 Å². The van der Waals surface area contributed by atoms with E-state index < -0.39 is 41.6 Å². The van der Waals surface area contributed by atoms with Crippen molar-refractivity contribution in [1.29, 1.82) is 0 Å². The van der Waals surface area contributed by atoms with Crippen LogP contribution in [0.3, 0.4) is 0 Å². The van der Waals surface area contributed by atoms with Gasteiger partial charge in [0.15, 0.2) is 0 Å². The maximum absolute atomic E-state index is 14.4. The van der Waals surface area contributed by atoms with Crippen LogP contribution < -0.4 is 0 Å². The Morgan fingerprint density at radius 1 is 1.32 bits per heavy atom. The fourth-order valence-electron chi connectivity index (χ4n) is 6.80. The maximum Gasteiger partial charge on any atom is 0.312 e. The van der Waals surface area contributed by atoms with Gasteiger partial charge in [-0.1, -0.05) is 19.9 Å². The molecule has 1 N–H and O–H groups in total. The summed E-state index contributed by atoms with van der Waals surface area (Å²) in [6, 6.07) is -1.45. The molecule has 0 aromatic carbocycles. The molecule has 0 aromatic heterocycles. The quantitative estimate of drug-likeness (QED) is 0.295. The first-order chi connectivity index (χ1) is 17.8. The van der Waals surface area contributed by atoms with E-state index in [1.165, 1.54) is 0 Å². The molecule has 10 nitrogen and oxygen atoms in total. The lowest BCUT2D eigenvalue weighted by Crippen LogP contribution is -2.59. The molecule has 0 unspecified atom stereocenters. The molecule has 37 heavy (non-hydrogen) atoms. The van der Waals surface area contributed by atoms with E-state index in [0.29, 0.717) is 52.1 Å². The van der Waals surface area contributed by atoms with Crippen molar-refractivity contribution < 1.29 is 33.7 Å². The number of rotatable bonds is 12. The Bertz CT molecular complexity index is 861. The Kier molecular flexibility index (Phi) is 8.93. The van der Waals surface area contributed by atoms with E-state index >= 15 is 0 Å². The van der Waals surface area contributed by atoms with Gasteiger partial charge in [-0.25, -0.2) is 0 Å². The molecule has 2 amide bonds. The highest BCUT2D eigenvalue weighted by atomic mass is 16.6. The lowest BCUT2D eigenvalue weighted by Gasteiger charge is -2.40. The van der Waals surface area contributed by atoms with E-state index in [0.717, 1.165) is 13.1 Å². The number of carbonyl (C=O) groups excluding carboxylic acids is 3. The molecule has 1 spiro atoms. The summed E-state index contributed by atoms with van der Waals surface area (Å²) in [4.78, 5) is 47.0. The van der Waals surface area contributed by atoms with Crippen LogP contribution in [0.2, 0.25) is 0 Å². The van der Waals surface area contributed by atoms with Crippen molar-refractivity contribution in [3.63, 3.8) is 0 Å². The van der Waals surface area contributed by atoms with E-state index in [9.17, 15) is 19.5 Å². The molecule has 4 aliphatic heterocycles. The number of hydrogen-bond acceptors (Lipinski definition) is 8. The molecule has 2 bridgehead atoms. The summed E-state index contributed by atoms with van der Waals surface area (Å²) in [7, 11) is 0. The van der Waals surface area contributed by atoms with E-state index in [2.05, 4.69) is 11.5 Å². The SMILES string of the molecule is C=CCN(CCN1CCOCC1)C(=O)[C@H]1N([C@@H](CO)CC(C)C)C(=O)[C@@H]2[C@@H](C(=O)OCC)[C@H]3CC[C@]21O3. The Morgan fingerprint density at radius 2 is 2.05 bits per heavy atom. The third-order valence-electron chi connectivity index (χ3n) is 8.33. The molecule has 4 fully saturated rings. The average Bonchev–Trinajstić information content (AvgIpc) is 3.52. The van der Waals surface area contributed by atoms with Crippen LogP contribution in [0.1, 0.15) is 40.0 Å². The zero-order valence-electron chi connectivity index (χ0n) is 22.5. The first kappa shape index (κ1) is 28.0. The summed E-state index contributed by atoms with van der Waals surface area (Å²) in [6.07, 6.45) is 2.90. The minimum absolute atomic E-state index is 0.197. The Hall–Kier alpha value is -2.01. The number of aliphatic hydroxyl groups is 1. The summed E-state index contributed by atoms with van der Waals surface area (Å²) in [6.45, 7) is 14.0. The second kappa shape index (κ2) is 11.8. The van der Waals surface area contributed by atoms with Gasteiger partial charge in [-0.05, 0) is 32.1 Å². The lowest BCUT2D eigenvalue weighted by atomic mass is 9.70. The summed E-state index contributed by atoms with van der Waals surface area (Å²) >= 11 is 0. The molecule has 6 atom stereocenters. The second-order valence-electron chi connectivity index (χ2n) is 11.0. The Morgan fingerprint density at radius 3 is 2.68 bits per heavy atom. The highest BCUT2D eigenvalue weighted by Gasteiger charge is 2.75. The monoisotopic (exact) mass is 521 g/mol. The standard InChI is InChI=1S/C27H43N3O7/c1-5-9-29(11-10-28-12-14-35-15-13-28)25(33)23-27-8-7-20(37-27)21(26(34)36-6-2)22(27)24(32)30(23)19(17-31)16-18(3)4/h5,18-23,31H,1,6-17H2,2-4H3/t19-,20-,21+,22+,23-,27+/m1/s1. The molecular formula is C27H43N3O7. The maximum atomic E-state index is 14.4. The molecule has 0 aliphatic carbocycles. The van der Waals surface area contributed by atoms with Crippen LogP contribution >= 0.6 is 0 Å². The predicted octanol–water partition coefficient (Wildman–Crippen LogP) is 0.678. The molecular weight excluding hydrogens is 478 g/mol. The smallest absolute Gasteiger partial charge is 0.312 e. The fraction of sp³-hybridized carbons (Fsp3) is 0.815. The van der Waals surface area contributed by atoms with E-state index in [4.69, 9.17) is 14.2 Å². The third-order valence-corrected chi connectivity index (χ3v) is 8.33. The summed E-state index contributed by atoms with van der Waals surface area (Å²) in [5.41, 5.74) is -1.10. The molecule has 4 aliphatic rings. The molecule has 4 rings (SSSR count). The van der Waals surface area contributed by atoms with Crippen molar-refractivity contribution in [3.05, 3.63) is 12.7 Å². The third kappa shape index (κ3) is 5.17. The average molecular weight is 522 g/mol. The van der Waals surface area contributed by atoms with E-state index in [1.54, 1.807) is 22.8 Å². The van der Waals surface area contributed by atoms with Crippen LogP contribution in [0.25, 0.3) is 0 Å². The molecule has 4 saturated heterocycles. The molecule has 0 radical (unpaired) electrons. The van der Waals surface area contributed by atoms with Gasteiger partial charge in [0.25, 0.3) is 0 Å². The number of carbonyl (C=O) groups is 3. The highest BCUT2D eigenvalue weighted by molar-refractivity contribution is 5.98. The Labute approximate surface area is 219 Å². The van der Waals surface area contributed by atoms with Crippen LogP contribution in [-0.2, 0) is 28.6 Å². The van der Waals surface area contributed by atoms with Crippen LogP contribution in [0.4, 0.5) is 0 Å². The normalized spacial score (nSPS) is 32.0. The molecule has 208 valence electrons. The number of esters is 1. The van der Waals surface area contributed by atoms with Crippen molar-refractivity contribution in [2.24, 2.45) is 17.8 Å². The largest absolute Gasteiger partial charge is 0.466 e. The van der Waals surface area contributed by atoms with Gasteiger partial charge < -0.3 is 29.1 Å². The minimum atomic E-state index is -1.10. The summed E-state index contributed by atoms with van der Waals surface area (Å²) in [5.74, 6) is -2.27. The summed E-state index contributed by atoms with van der Waals surface area (Å²) in [5, 5.41) is 10.4. The van der Waals surface area contributed by atoms with Gasteiger partial charge in [0.1, 0.15) is 11.6 Å². The first-order valence-electron chi connectivity index (χ1n) is 13.8. The van der Waals surface area contributed by atoms with Crippen molar-refractivity contribution in [2.45, 2.75) is 63.8 Å². The number of hydrogen-bond donors (Lipinski definition) is 1. The topological polar surface area (TPSA) is 109 Å². The van der Waals surface area contributed by atoms with Gasteiger partial charge in [-0.2, -0.15) is 0 Å². The number of morpholine rings is 1. The highest BCUT2D eigenvalue weighted by Crippen LogP contribution is 2.59. The second-order valence-corrected chi connectivity index (χ2v) is 11.0. The van der Waals surface area contributed by atoms with Gasteiger partial charge in [-0.15, -0.1) is 6.58 Å². The summed E-state index contributed by atoms with van der Waals surface area (Å²) < 4.78 is 17.3. The lowest BCUT2D eigenvalue weighted by molar-refractivity contribution is -0.156. The van der Waals surface area contributed by atoms with Crippen LogP contribution in [0, 0.1) is 17.8 Å². The van der Waals surface area contributed by atoms with Gasteiger partial charge in [0.2, 0.25) is 11.8 Å². The van der Waals surface area contributed by atoms with Gasteiger partial charge in [0.05, 0.1) is 50.4 Å². The molecule has 10 heteroatoms. The van der Waals surface area contributed by atoms with Gasteiger partial charge in [0, 0.05) is 32.7 Å². The van der Waals surface area contributed by atoms with Crippen molar-refractivity contribution >= 4 is 17.8 Å². The molecule has 0 aromatic rings. The Balaban J connectivity index is 1.68. The van der Waals surface area contributed by atoms with Crippen LogP contribution in [-0.4, -0.2) is 121 Å².